The summed E-state index contributed by atoms with van der Waals surface area (Å²) in [6.45, 7) is 0. The summed E-state index contributed by atoms with van der Waals surface area (Å²) >= 11 is 5.05. The molecule has 0 fully saturated rings. The lowest BCUT2D eigenvalue weighted by atomic mass is 10.1. The first-order valence-electron chi connectivity index (χ1n) is 4.16. The van der Waals surface area contributed by atoms with Crippen LogP contribution in [-0.2, 0) is 5.33 Å². The van der Waals surface area contributed by atoms with E-state index in [1.807, 2.05) is 12.1 Å². The summed E-state index contributed by atoms with van der Waals surface area (Å²) in [5.41, 5.74) is 7.84. The van der Waals surface area contributed by atoms with Crippen molar-refractivity contribution in [2.45, 2.75) is 5.33 Å². The Kier molecular flexibility index (Phi) is 2.65. The van der Waals surface area contributed by atoms with Crippen LogP contribution in [0.2, 0.25) is 0 Å². The predicted molar refractivity (Wildman–Crippen MR) is 65.4 cm³/mol. The van der Waals surface area contributed by atoms with E-state index < -0.39 is 0 Å². The molecular formula is C10H10BrNOS. The van der Waals surface area contributed by atoms with E-state index in [9.17, 15) is 0 Å². The second-order valence-corrected chi connectivity index (χ2v) is 4.60. The maximum Gasteiger partial charge on any atom is 0.174 e. The molecule has 0 radical (unpaired) electrons. The van der Waals surface area contributed by atoms with Gasteiger partial charge in [0.1, 0.15) is 0 Å². The lowest BCUT2D eigenvalue weighted by Gasteiger charge is -2.00. The van der Waals surface area contributed by atoms with Gasteiger partial charge in [-0.2, -0.15) is 0 Å². The normalized spacial score (nSPS) is 10.7. The summed E-state index contributed by atoms with van der Waals surface area (Å²) in [6, 6.07) is 6.10. The highest BCUT2D eigenvalue weighted by Crippen LogP contribution is 2.34. The summed E-state index contributed by atoms with van der Waals surface area (Å²) < 4.78 is 6.39. The van der Waals surface area contributed by atoms with Gasteiger partial charge in [0, 0.05) is 15.7 Å². The summed E-state index contributed by atoms with van der Waals surface area (Å²) in [5, 5.41) is 2.86. The largest absolute Gasteiger partial charge is 0.487 e. The van der Waals surface area contributed by atoms with Crippen LogP contribution in [0.5, 0.6) is 5.06 Å². The number of hydrogen-bond donors (Lipinski definition) is 1. The Bertz CT molecular complexity index is 466. The van der Waals surface area contributed by atoms with Gasteiger partial charge in [0.05, 0.1) is 7.11 Å². The molecule has 2 aromatic rings. The zero-order valence-electron chi connectivity index (χ0n) is 7.71. The highest BCUT2D eigenvalue weighted by molar-refractivity contribution is 9.08. The van der Waals surface area contributed by atoms with E-state index in [0.29, 0.717) is 0 Å². The fraction of sp³-hybridized carbons (Fsp3) is 0.200. The van der Waals surface area contributed by atoms with Crippen molar-refractivity contribution in [3.05, 3.63) is 23.8 Å². The number of benzene rings is 1. The molecule has 2 nitrogen and oxygen atoms in total. The molecule has 1 heterocycles. The molecule has 0 aliphatic rings. The van der Waals surface area contributed by atoms with Gasteiger partial charge in [0.15, 0.2) is 5.06 Å². The molecule has 1 aromatic carbocycles. The van der Waals surface area contributed by atoms with E-state index in [1.54, 1.807) is 18.4 Å². The SMILES string of the molecule is COc1cc2cc(N)c(CBr)cc2s1. The molecule has 0 aliphatic carbocycles. The van der Waals surface area contributed by atoms with Crippen molar-refractivity contribution in [3.63, 3.8) is 0 Å². The Morgan fingerprint density at radius 3 is 2.86 bits per heavy atom. The van der Waals surface area contributed by atoms with Gasteiger partial charge in [-0.3, -0.25) is 0 Å². The van der Waals surface area contributed by atoms with Crippen LogP contribution < -0.4 is 10.5 Å². The van der Waals surface area contributed by atoms with Crippen LogP contribution in [0.3, 0.4) is 0 Å². The Hall–Kier alpha value is -0.740. The number of nitrogen functional groups attached to an aromatic ring is 1. The maximum absolute atomic E-state index is 5.88. The molecule has 4 heteroatoms. The first-order chi connectivity index (χ1) is 6.74. The molecule has 0 aliphatic heterocycles. The molecule has 0 saturated heterocycles. The van der Waals surface area contributed by atoms with Gasteiger partial charge >= 0.3 is 0 Å². The molecule has 14 heavy (non-hydrogen) atoms. The fourth-order valence-electron chi connectivity index (χ4n) is 1.34. The Labute approximate surface area is 94.8 Å². The molecule has 0 unspecified atom stereocenters. The van der Waals surface area contributed by atoms with Crippen molar-refractivity contribution in [2.75, 3.05) is 12.8 Å². The Morgan fingerprint density at radius 1 is 1.43 bits per heavy atom. The van der Waals surface area contributed by atoms with Crippen LogP contribution in [0.1, 0.15) is 5.56 Å². The number of fused-ring (bicyclic) bond motifs is 1. The van der Waals surface area contributed by atoms with Crippen LogP contribution in [0, 0.1) is 0 Å². The topological polar surface area (TPSA) is 35.2 Å². The number of anilines is 1. The molecule has 0 bridgehead atoms. The third-order valence-electron chi connectivity index (χ3n) is 2.10. The van der Waals surface area contributed by atoms with Crippen LogP contribution in [0.25, 0.3) is 10.1 Å². The van der Waals surface area contributed by atoms with Crippen LogP contribution in [-0.4, -0.2) is 7.11 Å². The zero-order valence-corrected chi connectivity index (χ0v) is 10.1. The molecule has 2 N–H and O–H groups in total. The fourth-order valence-corrected chi connectivity index (χ4v) is 2.75. The van der Waals surface area contributed by atoms with Crippen molar-refractivity contribution in [1.82, 2.24) is 0 Å². The predicted octanol–water partition coefficient (Wildman–Crippen LogP) is 3.39. The molecule has 0 atom stereocenters. The number of hydrogen-bond acceptors (Lipinski definition) is 3. The van der Waals surface area contributed by atoms with Gasteiger partial charge in [-0.05, 0) is 29.1 Å². The summed E-state index contributed by atoms with van der Waals surface area (Å²) in [7, 11) is 1.68. The van der Waals surface area contributed by atoms with Crippen molar-refractivity contribution < 1.29 is 4.74 Å². The average molecular weight is 272 g/mol. The van der Waals surface area contributed by atoms with Gasteiger partial charge in [-0.15, -0.1) is 0 Å². The molecule has 2 rings (SSSR count). The molecule has 1 aromatic heterocycles. The summed E-state index contributed by atoms with van der Waals surface area (Å²) in [4.78, 5) is 0. The smallest absolute Gasteiger partial charge is 0.174 e. The summed E-state index contributed by atoms with van der Waals surface area (Å²) in [5.74, 6) is 0. The molecule has 0 amide bonds. The number of nitrogens with two attached hydrogens (primary N) is 1. The van der Waals surface area contributed by atoms with Gasteiger partial charge in [-0.1, -0.05) is 27.3 Å². The van der Waals surface area contributed by atoms with E-state index in [4.69, 9.17) is 10.5 Å². The van der Waals surface area contributed by atoms with Crippen molar-refractivity contribution in [3.8, 4) is 5.06 Å². The van der Waals surface area contributed by atoms with E-state index in [0.717, 1.165) is 27.0 Å². The van der Waals surface area contributed by atoms with Crippen molar-refractivity contribution in [2.24, 2.45) is 0 Å². The molecular weight excluding hydrogens is 262 g/mol. The minimum atomic E-state index is 0.787. The van der Waals surface area contributed by atoms with Gasteiger partial charge < -0.3 is 10.5 Å². The number of methoxy groups -OCH3 is 1. The zero-order chi connectivity index (χ0) is 10.1. The molecule has 74 valence electrons. The van der Waals surface area contributed by atoms with Gasteiger partial charge in [0.2, 0.25) is 0 Å². The number of alkyl halides is 1. The van der Waals surface area contributed by atoms with Crippen molar-refractivity contribution >= 4 is 43.0 Å². The third-order valence-corrected chi connectivity index (χ3v) is 3.76. The molecule has 0 saturated carbocycles. The summed E-state index contributed by atoms with van der Waals surface area (Å²) in [6.07, 6.45) is 0. The van der Waals surface area contributed by atoms with Crippen LogP contribution in [0.15, 0.2) is 18.2 Å². The lowest BCUT2D eigenvalue weighted by molar-refractivity contribution is 0.427. The van der Waals surface area contributed by atoms with Crippen LogP contribution >= 0.6 is 27.3 Å². The number of halogens is 1. The maximum atomic E-state index is 5.88. The van der Waals surface area contributed by atoms with E-state index in [-0.39, 0.29) is 0 Å². The Balaban J connectivity index is 2.64. The van der Waals surface area contributed by atoms with Gasteiger partial charge in [-0.25, -0.2) is 0 Å². The number of rotatable bonds is 2. The van der Waals surface area contributed by atoms with Gasteiger partial charge in [0.25, 0.3) is 0 Å². The third kappa shape index (κ3) is 1.60. The second-order valence-electron chi connectivity index (χ2n) is 2.99. The van der Waals surface area contributed by atoms with E-state index in [2.05, 4.69) is 22.0 Å². The van der Waals surface area contributed by atoms with E-state index in [1.165, 1.54) is 4.70 Å². The first-order valence-corrected chi connectivity index (χ1v) is 6.10. The lowest BCUT2D eigenvalue weighted by Crippen LogP contribution is -1.90. The van der Waals surface area contributed by atoms with E-state index >= 15 is 0 Å². The highest BCUT2D eigenvalue weighted by Gasteiger charge is 2.05. The molecule has 0 spiro atoms. The Morgan fingerprint density at radius 2 is 2.21 bits per heavy atom. The monoisotopic (exact) mass is 271 g/mol. The number of ether oxygens (including phenoxy) is 1. The first kappa shape index (κ1) is 9.80. The minimum absolute atomic E-state index is 0.787. The highest BCUT2D eigenvalue weighted by atomic mass is 79.9. The minimum Gasteiger partial charge on any atom is -0.487 e. The average Bonchev–Trinajstić information content (AvgIpc) is 2.58. The van der Waals surface area contributed by atoms with Crippen molar-refractivity contribution in [1.29, 1.82) is 0 Å². The standard InChI is InChI=1S/C10H10BrNOS/c1-13-10-4-6-2-8(12)7(5-11)3-9(6)14-10/h2-4H,5,12H2,1H3. The second kappa shape index (κ2) is 3.79. The number of thiophene rings is 1. The van der Waals surface area contributed by atoms with Crippen LogP contribution in [0.4, 0.5) is 5.69 Å². The quantitative estimate of drug-likeness (QED) is 0.671.